The summed E-state index contributed by atoms with van der Waals surface area (Å²) in [6.45, 7) is 10.3. The molecule has 2 aromatic carbocycles. The molecule has 3 aliphatic rings. The van der Waals surface area contributed by atoms with Crippen LogP contribution >= 0.6 is 11.6 Å². The van der Waals surface area contributed by atoms with E-state index < -0.39 is 0 Å². The maximum absolute atomic E-state index is 6.28. The summed E-state index contributed by atoms with van der Waals surface area (Å²) in [6, 6.07) is 14.2. The fraction of sp³-hybridized carbons (Fsp3) is 0.458. The van der Waals surface area contributed by atoms with E-state index in [0.717, 1.165) is 61.2 Å². The maximum atomic E-state index is 6.28. The van der Waals surface area contributed by atoms with Crippen LogP contribution in [0, 0.1) is 0 Å². The minimum Gasteiger partial charge on any atom is -0.454 e. The van der Waals surface area contributed by atoms with Crippen LogP contribution in [0.4, 0.5) is 5.69 Å². The summed E-state index contributed by atoms with van der Waals surface area (Å²) >= 11 is 6.26. The van der Waals surface area contributed by atoms with Gasteiger partial charge in [0.25, 0.3) is 0 Å². The number of hydrogen-bond donors (Lipinski definition) is 0. The van der Waals surface area contributed by atoms with Crippen molar-refractivity contribution in [2.24, 2.45) is 4.99 Å². The van der Waals surface area contributed by atoms with E-state index in [-0.39, 0.29) is 5.60 Å². The highest BCUT2D eigenvalue weighted by Crippen LogP contribution is 2.40. The van der Waals surface area contributed by atoms with Gasteiger partial charge in [0.15, 0.2) is 5.75 Å². The molecule has 0 amide bonds. The Kier molecular flexibility index (Phi) is 5.00. The second-order valence-electron chi connectivity index (χ2n) is 9.33. The molecule has 5 rings (SSSR count). The van der Waals surface area contributed by atoms with Crippen molar-refractivity contribution in [1.29, 1.82) is 0 Å². The van der Waals surface area contributed by atoms with Crippen LogP contribution in [-0.4, -0.2) is 59.6 Å². The van der Waals surface area contributed by atoms with E-state index in [1.807, 2.05) is 36.4 Å². The van der Waals surface area contributed by atoms with Crippen LogP contribution in [-0.2, 0) is 4.74 Å². The SMILES string of the molecule is CC(C)(C)O[C@H]1C[C@H]2CN(C3=Nc4cc(Cl)ccc4Oc4ccccc43)CCN2C1. The summed E-state index contributed by atoms with van der Waals surface area (Å²) in [5.41, 5.74) is 1.69. The lowest BCUT2D eigenvalue weighted by Gasteiger charge is -2.39. The predicted molar refractivity (Wildman–Crippen MR) is 120 cm³/mol. The molecule has 0 saturated carbocycles. The number of halogens is 1. The Morgan fingerprint density at radius 1 is 1.07 bits per heavy atom. The van der Waals surface area contributed by atoms with E-state index in [4.69, 9.17) is 26.1 Å². The molecule has 2 atom stereocenters. The minimum atomic E-state index is -0.108. The molecule has 2 saturated heterocycles. The zero-order chi connectivity index (χ0) is 20.9. The Hall–Kier alpha value is -2.08. The van der Waals surface area contributed by atoms with Gasteiger partial charge in [0.2, 0.25) is 0 Å². The third-order valence-electron chi connectivity index (χ3n) is 5.89. The summed E-state index contributed by atoms with van der Waals surface area (Å²) in [4.78, 5) is 10.0. The second kappa shape index (κ2) is 7.56. The van der Waals surface area contributed by atoms with Crippen LogP contribution < -0.4 is 4.74 Å². The van der Waals surface area contributed by atoms with E-state index in [1.165, 1.54) is 0 Å². The number of nitrogens with zero attached hydrogens (tertiary/aromatic N) is 3. The van der Waals surface area contributed by atoms with Crippen molar-refractivity contribution >= 4 is 23.1 Å². The number of hydrogen-bond acceptors (Lipinski definition) is 5. The van der Waals surface area contributed by atoms with Crippen molar-refractivity contribution < 1.29 is 9.47 Å². The molecule has 0 spiro atoms. The monoisotopic (exact) mass is 425 g/mol. The number of benzene rings is 2. The van der Waals surface area contributed by atoms with Crippen molar-refractivity contribution in [3.63, 3.8) is 0 Å². The molecule has 0 aliphatic carbocycles. The number of piperazine rings is 1. The average molecular weight is 426 g/mol. The fourth-order valence-corrected chi connectivity index (χ4v) is 4.88. The molecule has 30 heavy (non-hydrogen) atoms. The van der Waals surface area contributed by atoms with Gasteiger partial charge in [0.05, 0.1) is 17.3 Å². The molecule has 0 aromatic heterocycles. The summed E-state index contributed by atoms with van der Waals surface area (Å²) in [5.74, 6) is 2.53. The Morgan fingerprint density at radius 2 is 1.90 bits per heavy atom. The Bertz CT molecular complexity index is 985. The van der Waals surface area contributed by atoms with Crippen LogP contribution in [0.3, 0.4) is 0 Å². The fourth-order valence-electron chi connectivity index (χ4n) is 4.71. The molecule has 5 nitrogen and oxygen atoms in total. The lowest BCUT2D eigenvalue weighted by atomic mass is 10.1. The first-order valence-corrected chi connectivity index (χ1v) is 11.1. The van der Waals surface area contributed by atoms with Crippen molar-refractivity contribution in [3.05, 3.63) is 53.1 Å². The molecule has 0 unspecified atom stereocenters. The number of fused-ring (bicyclic) bond motifs is 3. The lowest BCUT2D eigenvalue weighted by molar-refractivity contribution is -0.0538. The topological polar surface area (TPSA) is 37.3 Å². The maximum Gasteiger partial charge on any atom is 0.153 e. The van der Waals surface area contributed by atoms with Crippen LogP contribution in [0.5, 0.6) is 11.5 Å². The third kappa shape index (κ3) is 3.94. The highest BCUT2D eigenvalue weighted by molar-refractivity contribution is 6.31. The molecule has 0 N–H and O–H groups in total. The minimum absolute atomic E-state index is 0.108. The first-order valence-electron chi connectivity index (χ1n) is 10.7. The molecule has 3 heterocycles. The van der Waals surface area contributed by atoms with E-state index in [0.29, 0.717) is 17.2 Å². The number of ether oxygens (including phenoxy) is 2. The van der Waals surface area contributed by atoms with Gasteiger partial charge in [0, 0.05) is 37.2 Å². The van der Waals surface area contributed by atoms with Gasteiger partial charge in [0.1, 0.15) is 17.3 Å². The number of aliphatic imine (C=N–C) groups is 1. The van der Waals surface area contributed by atoms with Gasteiger partial charge in [-0.3, -0.25) is 4.90 Å². The smallest absolute Gasteiger partial charge is 0.153 e. The van der Waals surface area contributed by atoms with Gasteiger partial charge in [-0.15, -0.1) is 0 Å². The van der Waals surface area contributed by atoms with Crippen LogP contribution in [0.25, 0.3) is 0 Å². The Labute approximate surface area is 183 Å². The molecular formula is C24H28ClN3O2. The van der Waals surface area contributed by atoms with Gasteiger partial charge in [-0.2, -0.15) is 0 Å². The van der Waals surface area contributed by atoms with Crippen molar-refractivity contribution in [3.8, 4) is 11.5 Å². The van der Waals surface area contributed by atoms with Crippen molar-refractivity contribution in [1.82, 2.24) is 9.80 Å². The largest absolute Gasteiger partial charge is 0.454 e. The molecule has 2 fully saturated rings. The van der Waals surface area contributed by atoms with E-state index >= 15 is 0 Å². The molecule has 6 heteroatoms. The predicted octanol–water partition coefficient (Wildman–Crippen LogP) is 5.10. The Morgan fingerprint density at radius 3 is 2.73 bits per heavy atom. The zero-order valence-corrected chi connectivity index (χ0v) is 18.5. The van der Waals surface area contributed by atoms with E-state index in [9.17, 15) is 0 Å². The molecular weight excluding hydrogens is 398 g/mol. The quantitative estimate of drug-likeness (QED) is 0.637. The molecule has 3 aliphatic heterocycles. The van der Waals surface area contributed by atoms with Gasteiger partial charge < -0.3 is 14.4 Å². The molecule has 0 bridgehead atoms. The Balaban J connectivity index is 1.45. The summed E-state index contributed by atoms with van der Waals surface area (Å²) < 4.78 is 12.5. The zero-order valence-electron chi connectivity index (χ0n) is 17.8. The van der Waals surface area contributed by atoms with Crippen molar-refractivity contribution in [2.45, 2.75) is 44.9 Å². The number of amidine groups is 1. The number of para-hydroxylation sites is 1. The summed E-state index contributed by atoms with van der Waals surface area (Å²) in [6.07, 6.45) is 1.35. The first-order chi connectivity index (χ1) is 14.4. The van der Waals surface area contributed by atoms with Gasteiger partial charge in [-0.05, 0) is 57.5 Å². The van der Waals surface area contributed by atoms with Crippen LogP contribution in [0.1, 0.15) is 32.8 Å². The molecule has 0 radical (unpaired) electrons. The van der Waals surface area contributed by atoms with Gasteiger partial charge >= 0.3 is 0 Å². The standard InChI is InChI=1S/C24H28ClN3O2/c1-24(2,3)30-18-13-17-14-28(11-10-27(17)15-18)23-19-6-4-5-7-21(19)29-22-9-8-16(25)12-20(22)26-23/h4-9,12,17-18H,10-11,13-15H2,1-3H3/t17-,18-/m0/s1. The van der Waals surface area contributed by atoms with Crippen LogP contribution in [0.15, 0.2) is 47.5 Å². The average Bonchev–Trinajstić information content (AvgIpc) is 2.99. The second-order valence-corrected chi connectivity index (χ2v) is 9.76. The summed E-state index contributed by atoms with van der Waals surface area (Å²) in [7, 11) is 0. The van der Waals surface area contributed by atoms with Crippen LogP contribution in [0.2, 0.25) is 5.02 Å². The lowest BCUT2D eigenvalue weighted by Crippen LogP contribution is -2.52. The van der Waals surface area contributed by atoms with E-state index in [1.54, 1.807) is 0 Å². The van der Waals surface area contributed by atoms with Crippen molar-refractivity contribution in [2.75, 3.05) is 26.2 Å². The van der Waals surface area contributed by atoms with E-state index in [2.05, 4.69) is 36.6 Å². The highest BCUT2D eigenvalue weighted by atomic mass is 35.5. The molecule has 158 valence electrons. The number of rotatable bonds is 1. The highest BCUT2D eigenvalue weighted by Gasteiger charge is 2.39. The normalized spacial score (nSPS) is 23.7. The molecule has 2 aromatic rings. The first kappa shape index (κ1) is 19.9. The van der Waals surface area contributed by atoms with Gasteiger partial charge in [-0.25, -0.2) is 4.99 Å². The van der Waals surface area contributed by atoms with Gasteiger partial charge in [-0.1, -0.05) is 23.7 Å². The summed E-state index contributed by atoms with van der Waals surface area (Å²) in [5, 5.41) is 0.661. The third-order valence-corrected chi connectivity index (χ3v) is 6.13.